The molecule has 18 heavy (non-hydrogen) atoms. The third-order valence-corrected chi connectivity index (χ3v) is 3.61. The molecular formula is C12H13N5S. The molecule has 0 saturated heterocycles. The van der Waals surface area contributed by atoms with Crippen molar-refractivity contribution in [3.05, 3.63) is 30.1 Å². The first-order valence-corrected chi connectivity index (χ1v) is 6.66. The van der Waals surface area contributed by atoms with Crippen LogP contribution in [0.15, 0.2) is 24.3 Å². The van der Waals surface area contributed by atoms with Crippen LogP contribution >= 0.6 is 11.3 Å². The smallest absolute Gasteiger partial charge is 0.234 e. The van der Waals surface area contributed by atoms with Crippen molar-refractivity contribution in [2.24, 2.45) is 0 Å². The Hall–Kier alpha value is -1.95. The number of rotatable bonds is 3. The predicted molar refractivity (Wildman–Crippen MR) is 72.5 cm³/mol. The van der Waals surface area contributed by atoms with Crippen LogP contribution in [-0.4, -0.2) is 19.8 Å². The first-order valence-electron chi connectivity index (χ1n) is 5.85. The van der Waals surface area contributed by atoms with E-state index in [-0.39, 0.29) is 0 Å². The molecule has 0 amide bonds. The van der Waals surface area contributed by atoms with Crippen LogP contribution in [0.25, 0.3) is 15.5 Å². The molecule has 0 unspecified atom stereocenters. The summed E-state index contributed by atoms with van der Waals surface area (Å²) in [6.45, 7) is 2.12. The quantitative estimate of drug-likeness (QED) is 0.733. The van der Waals surface area contributed by atoms with Gasteiger partial charge in [-0.1, -0.05) is 30.4 Å². The van der Waals surface area contributed by atoms with Crippen molar-refractivity contribution in [3.8, 4) is 10.6 Å². The fourth-order valence-electron chi connectivity index (χ4n) is 1.83. The molecule has 1 aromatic carbocycles. The fourth-order valence-corrected chi connectivity index (χ4v) is 2.68. The van der Waals surface area contributed by atoms with Gasteiger partial charge in [0.25, 0.3) is 0 Å². The molecule has 0 fully saturated rings. The van der Waals surface area contributed by atoms with Crippen LogP contribution in [0.5, 0.6) is 0 Å². The van der Waals surface area contributed by atoms with Crippen LogP contribution in [0, 0.1) is 0 Å². The molecule has 0 saturated carbocycles. The van der Waals surface area contributed by atoms with E-state index in [0.717, 1.165) is 39.9 Å². The maximum atomic E-state index is 5.79. The Morgan fingerprint density at radius 2 is 2.22 bits per heavy atom. The van der Waals surface area contributed by atoms with Gasteiger partial charge in [-0.3, -0.25) is 0 Å². The summed E-state index contributed by atoms with van der Waals surface area (Å²) in [6, 6.07) is 7.72. The predicted octanol–water partition coefficient (Wildman–Crippen LogP) is 2.39. The molecule has 0 aliphatic carbocycles. The Morgan fingerprint density at radius 1 is 1.33 bits per heavy atom. The average Bonchev–Trinajstić information content (AvgIpc) is 2.92. The molecule has 0 aliphatic rings. The van der Waals surface area contributed by atoms with E-state index in [2.05, 4.69) is 22.2 Å². The number of nitrogens with zero attached hydrogens (tertiary/aromatic N) is 4. The van der Waals surface area contributed by atoms with Gasteiger partial charge in [0.05, 0.1) is 0 Å². The summed E-state index contributed by atoms with van der Waals surface area (Å²) in [5.41, 5.74) is 7.55. The Kier molecular flexibility index (Phi) is 2.71. The van der Waals surface area contributed by atoms with E-state index in [1.54, 1.807) is 0 Å². The van der Waals surface area contributed by atoms with Crippen LogP contribution < -0.4 is 5.73 Å². The molecule has 5 nitrogen and oxygen atoms in total. The summed E-state index contributed by atoms with van der Waals surface area (Å²) in [5.74, 6) is 0.916. The molecule has 2 aromatic heterocycles. The maximum Gasteiger partial charge on any atom is 0.234 e. The van der Waals surface area contributed by atoms with Gasteiger partial charge < -0.3 is 5.73 Å². The molecule has 92 valence electrons. The van der Waals surface area contributed by atoms with Crippen LogP contribution in [0.4, 0.5) is 5.69 Å². The minimum atomic E-state index is 0.743. The lowest BCUT2D eigenvalue weighted by Crippen LogP contribution is -1.95. The van der Waals surface area contributed by atoms with Gasteiger partial charge in [-0.25, -0.2) is 0 Å². The Bertz CT molecular complexity index is 685. The van der Waals surface area contributed by atoms with Crippen molar-refractivity contribution < 1.29 is 0 Å². The number of aromatic nitrogens is 4. The third kappa shape index (κ3) is 1.84. The lowest BCUT2D eigenvalue weighted by Gasteiger charge is -1.96. The van der Waals surface area contributed by atoms with Crippen LogP contribution in [0.2, 0.25) is 0 Å². The zero-order chi connectivity index (χ0) is 12.5. The van der Waals surface area contributed by atoms with Crippen molar-refractivity contribution >= 4 is 22.0 Å². The Balaban J connectivity index is 2.08. The van der Waals surface area contributed by atoms with Gasteiger partial charge in [-0.15, -0.1) is 10.2 Å². The zero-order valence-corrected chi connectivity index (χ0v) is 10.8. The molecular weight excluding hydrogens is 246 g/mol. The highest BCUT2D eigenvalue weighted by Gasteiger charge is 2.12. The first kappa shape index (κ1) is 11.2. The average molecular weight is 259 g/mol. The minimum absolute atomic E-state index is 0.743. The monoisotopic (exact) mass is 259 g/mol. The van der Waals surface area contributed by atoms with E-state index in [1.807, 2.05) is 28.8 Å². The van der Waals surface area contributed by atoms with E-state index in [9.17, 15) is 0 Å². The van der Waals surface area contributed by atoms with Crippen LogP contribution in [0.3, 0.4) is 0 Å². The van der Waals surface area contributed by atoms with Crippen LogP contribution in [0.1, 0.15) is 19.2 Å². The summed E-state index contributed by atoms with van der Waals surface area (Å²) in [7, 11) is 0. The second-order valence-corrected chi connectivity index (χ2v) is 5.05. The van der Waals surface area contributed by atoms with Crippen molar-refractivity contribution in [2.45, 2.75) is 19.8 Å². The highest BCUT2D eigenvalue weighted by Crippen LogP contribution is 2.26. The van der Waals surface area contributed by atoms with Gasteiger partial charge in [-0.05, 0) is 18.6 Å². The highest BCUT2D eigenvalue weighted by molar-refractivity contribution is 7.19. The van der Waals surface area contributed by atoms with E-state index in [1.165, 1.54) is 11.3 Å². The SMILES string of the molecule is CCCc1nnc2sc(-c3cccc(N)c3)nn12. The molecule has 0 radical (unpaired) electrons. The molecule has 0 bridgehead atoms. The maximum absolute atomic E-state index is 5.79. The van der Waals surface area contributed by atoms with E-state index < -0.39 is 0 Å². The highest BCUT2D eigenvalue weighted by atomic mass is 32.1. The minimum Gasteiger partial charge on any atom is -0.399 e. The summed E-state index contributed by atoms with van der Waals surface area (Å²) >= 11 is 1.53. The number of fused-ring (bicyclic) bond motifs is 1. The summed E-state index contributed by atoms with van der Waals surface area (Å²) in [4.78, 5) is 0.830. The molecule has 3 rings (SSSR count). The van der Waals surface area contributed by atoms with E-state index >= 15 is 0 Å². The lowest BCUT2D eigenvalue weighted by atomic mass is 10.2. The van der Waals surface area contributed by atoms with Gasteiger partial charge in [-0.2, -0.15) is 9.61 Å². The molecule has 0 aliphatic heterocycles. The fraction of sp³-hybridized carbons (Fsp3) is 0.250. The summed E-state index contributed by atoms with van der Waals surface area (Å²) < 4.78 is 1.83. The Labute approximate surface area is 108 Å². The number of nitrogens with two attached hydrogens (primary N) is 1. The second-order valence-electron chi connectivity index (χ2n) is 4.09. The number of nitrogen functional groups attached to an aromatic ring is 1. The Morgan fingerprint density at radius 3 is 3.00 bits per heavy atom. The zero-order valence-electron chi connectivity index (χ0n) is 10.00. The summed E-state index contributed by atoms with van der Waals surface area (Å²) in [6.07, 6.45) is 1.92. The van der Waals surface area contributed by atoms with Gasteiger partial charge in [0.1, 0.15) is 5.01 Å². The first-order chi connectivity index (χ1) is 8.78. The molecule has 3 aromatic rings. The van der Waals surface area contributed by atoms with Crippen LogP contribution in [-0.2, 0) is 6.42 Å². The van der Waals surface area contributed by atoms with Crippen molar-refractivity contribution in [2.75, 3.05) is 5.73 Å². The van der Waals surface area contributed by atoms with Gasteiger partial charge >= 0.3 is 0 Å². The van der Waals surface area contributed by atoms with Gasteiger partial charge in [0.2, 0.25) is 4.96 Å². The van der Waals surface area contributed by atoms with E-state index in [0.29, 0.717) is 0 Å². The molecule has 0 spiro atoms. The normalized spacial score (nSPS) is 11.2. The van der Waals surface area contributed by atoms with Gasteiger partial charge in [0, 0.05) is 17.7 Å². The standard InChI is InChI=1S/C12H13N5S/c1-2-4-10-14-15-12-17(10)16-11(18-12)8-5-3-6-9(13)7-8/h3,5-7H,2,4,13H2,1H3. The molecule has 2 heterocycles. The van der Waals surface area contributed by atoms with Crippen molar-refractivity contribution in [1.82, 2.24) is 19.8 Å². The largest absolute Gasteiger partial charge is 0.399 e. The number of anilines is 1. The number of aryl methyl sites for hydroxylation is 1. The molecule has 0 atom stereocenters. The van der Waals surface area contributed by atoms with E-state index in [4.69, 9.17) is 5.73 Å². The molecule has 6 heteroatoms. The topological polar surface area (TPSA) is 69.1 Å². The second kappa shape index (κ2) is 4.38. The van der Waals surface area contributed by atoms with Crippen molar-refractivity contribution in [3.63, 3.8) is 0 Å². The molecule has 2 N–H and O–H groups in total. The number of hydrogen-bond donors (Lipinski definition) is 1. The lowest BCUT2D eigenvalue weighted by molar-refractivity contribution is 0.778. The number of hydrogen-bond acceptors (Lipinski definition) is 5. The number of benzene rings is 1. The summed E-state index contributed by atoms with van der Waals surface area (Å²) in [5, 5.41) is 13.8. The van der Waals surface area contributed by atoms with Gasteiger partial charge in [0.15, 0.2) is 5.82 Å². The third-order valence-electron chi connectivity index (χ3n) is 2.66. The van der Waals surface area contributed by atoms with Crippen molar-refractivity contribution in [1.29, 1.82) is 0 Å².